The van der Waals surface area contributed by atoms with Crippen molar-refractivity contribution in [3.63, 3.8) is 0 Å². The molecule has 1 fully saturated rings. The SMILES string of the molecule is CCCOC1C(Br)CC1Oc1cc(C)c(Cl)c(C)c1. The summed E-state index contributed by atoms with van der Waals surface area (Å²) in [6, 6.07) is 3.99. The number of ether oxygens (including phenoxy) is 2. The van der Waals surface area contributed by atoms with Crippen LogP contribution in [0, 0.1) is 13.8 Å². The van der Waals surface area contributed by atoms with E-state index in [9.17, 15) is 0 Å². The summed E-state index contributed by atoms with van der Waals surface area (Å²) in [6.07, 6.45) is 2.30. The van der Waals surface area contributed by atoms with Gasteiger partial charge in [0.05, 0.1) is 0 Å². The summed E-state index contributed by atoms with van der Waals surface area (Å²) < 4.78 is 11.8. The highest BCUT2D eigenvalue weighted by Gasteiger charge is 2.42. The molecular formula is C15H20BrClO2. The Bertz CT molecular complexity index is 427. The van der Waals surface area contributed by atoms with Crippen molar-refractivity contribution in [2.45, 2.75) is 50.6 Å². The second-order valence-corrected chi connectivity index (χ2v) is 6.67. The maximum atomic E-state index is 6.17. The molecule has 0 spiro atoms. The van der Waals surface area contributed by atoms with E-state index in [-0.39, 0.29) is 12.2 Å². The van der Waals surface area contributed by atoms with Crippen LogP contribution in [-0.2, 0) is 4.74 Å². The number of alkyl halides is 1. The third-order valence-electron chi connectivity index (χ3n) is 3.39. The molecule has 1 aromatic rings. The molecular weight excluding hydrogens is 328 g/mol. The number of halogens is 2. The van der Waals surface area contributed by atoms with Gasteiger partial charge in [0.1, 0.15) is 18.0 Å². The number of benzene rings is 1. The van der Waals surface area contributed by atoms with Crippen molar-refractivity contribution in [2.75, 3.05) is 6.61 Å². The quantitative estimate of drug-likeness (QED) is 0.721. The molecule has 1 aliphatic rings. The van der Waals surface area contributed by atoms with Crippen LogP contribution in [0.15, 0.2) is 12.1 Å². The van der Waals surface area contributed by atoms with Crippen LogP contribution in [0.4, 0.5) is 0 Å². The van der Waals surface area contributed by atoms with Crippen molar-refractivity contribution in [1.82, 2.24) is 0 Å². The second-order valence-electron chi connectivity index (χ2n) is 5.11. The summed E-state index contributed by atoms with van der Waals surface area (Å²) in [5, 5.41) is 0.818. The lowest BCUT2D eigenvalue weighted by molar-refractivity contribution is -0.0762. The fraction of sp³-hybridized carbons (Fsp3) is 0.600. The maximum absolute atomic E-state index is 6.17. The van der Waals surface area contributed by atoms with Crippen LogP contribution >= 0.6 is 27.5 Å². The topological polar surface area (TPSA) is 18.5 Å². The molecule has 3 atom stereocenters. The number of hydrogen-bond donors (Lipinski definition) is 0. The fourth-order valence-corrected chi connectivity index (χ4v) is 3.23. The minimum atomic E-state index is 0.135. The molecule has 3 unspecified atom stereocenters. The zero-order valence-electron chi connectivity index (χ0n) is 11.6. The monoisotopic (exact) mass is 346 g/mol. The molecule has 2 rings (SSSR count). The van der Waals surface area contributed by atoms with Crippen LogP contribution in [0.5, 0.6) is 5.75 Å². The van der Waals surface area contributed by atoms with Crippen LogP contribution < -0.4 is 4.74 Å². The van der Waals surface area contributed by atoms with Gasteiger partial charge in [0.15, 0.2) is 0 Å². The molecule has 106 valence electrons. The van der Waals surface area contributed by atoms with Crippen molar-refractivity contribution >= 4 is 27.5 Å². The maximum Gasteiger partial charge on any atom is 0.127 e. The van der Waals surface area contributed by atoms with Gasteiger partial charge in [0.25, 0.3) is 0 Å². The minimum Gasteiger partial charge on any atom is -0.488 e. The largest absolute Gasteiger partial charge is 0.488 e. The van der Waals surface area contributed by atoms with Gasteiger partial charge in [-0.05, 0) is 43.5 Å². The van der Waals surface area contributed by atoms with Crippen LogP contribution in [0.25, 0.3) is 0 Å². The van der Waals surface area contributed by atoms with Crippen LogP contribution in [-0.4, -0.2) is 23.6 Å². The number of rotatable bonds is 5. The van der Waals surface area contributed by atoms with Gasteiger partial charge >= 0.3 is 0 Å². The Hall–Kier alpha value is -0.250. The smallest absolute Gasteiger partial charge is 0.127 e. The van der Waals surface area contributed by atoms with Gasteiger partial charge in [-0.25, -0.2) is 0 Å². The molecule has 0 bridgehead atoms. The van der Waals surface area contributed by atoms with Gasteiger partial charge in [-0.15, -0.1) is 0 Å². The number of hydrogen-bond acceptors (Lipinski definition) is 2. The summed E-state index contributed by atoms with van der Waals surface area (Å²) >= 11 is 9.79. The van der Waals surface area contributed by atoms with Crippen molar-refractivity contribution < 1.29 is 9.47 Å². The number of aryl methyl sites for hydroxylation is 2. The first-order chi connectivity index (χ1) is 9.02. The Morgan fingerprint density at radius 2 is 1.95 bits per heavy atom. The average molecular weight is 348 g/mol. The molecule has 0 radical (unpaired) electrons. The highest BCUT2D eigenvalue weighted by molar-refractivity contribution is 9.09. The van der Waals surface area contributed by atoms with Crippen molar-refractivity contribution in [2.24, 2.45) is 0 Å². The second kappa shape index (κ2) is 6.47. The van der Waals surface area contributed by atoms with E-state index in [0.717, 1.165) is 41.3 Å². The van der Waals surface area contributed by atoms with E-state index in [2.05, 4.69) is 22.9 Å². The van der Waals surface area contributed by atoms with Crippen LogP contribution in [0.2, 0.25) is 5.02 Å². The molecule has 1 aromatic carbocycles. The summed E-state index contributed by atoms with van der Waals surface area (Å²) in [6.45, 7) is 6.90. The first kappa shape index (κ1) is 15.1. The first-order valence-electron chi connectivity index (χ1n) is 6.72. The summed E-state index contributed by atoms with van der Waals surface area (Å²) in [5.74, 6) is 0.883. The molecule has 0 N–H and O–H groups in total. The van der Waals surface area contributed by atoms with E-state index in [4.69, 9.17) is 21.1 Å². The van der Waals surface area contributed by atoms with Gasteiger partial charge in [0, 0.05) is 22.9 Å². The highest BCUT2D eigenvalue weighted by atomic mass is 79.9. The molecule has 19 heavy (non-hydrogen) atoms. The fourth-order valence-electron chi connectivity index (χ4n) is 2.26. The molecule has 0 saturated heterocycles. The molecule has 4 heteroatoms. The van der Waals surface area contributed by atoms with Crippen molar-refractivity contribution in [1.29, 1.82) is 0 Å². The Kier molecular flexibility index (Phi) is 5.15. The van der Waals surface area contributed by atoms with Gasteiger partial charge < -0.3 is 9.47 Å². The zero-order chi connectivity index (χ0) is 14.0. The molecule has 1 aliphatic carbocycles. The van der Waals surface area contributed by atoms with E-state index in [1.165, 1.54) is 0 Å². The molecule has 2 nitrogen and oxygen atoms in total. The van der Waals surface area contributed by atoms with Gasteiger partial charge in [0.2, 0.25) is 0 Å². The average Bonchev–Trinajstić information content (AvgIpc) is 2.35. The van der Waals surface area contributed by atoms with Crippen molar-refractivity contribution in [3.8, 4) is 5.75 Å². The Morgan fingerprint density at radius 3 is 2.47 bits per heavy atom. The predicted molar refractivity (Wildman–Crippen MR) is 82.7 cm³/mol. The lowest BCUT2D eigenvalue weighted by Crippen LogP contribution is -2.52. The molecule has 0 aromatic heterocycles. The first-order valence-corrected chi connectivity index (χ1v) is 8.01. The Morgan fingerprint density at radius 1 is 1.32 bits per heavy atom. The highest BCUT2D eigenvalue weighted by Crippen LogP contribution is 2.35. The molecule has 0 heterocycles. The van der Waals surface area contributed by atoms with E-state index in [1.807, 2.05) is 26.0 Å². The summed E-state index contributed by atoms with van der Waals surface area (Å²) in [5.41, 5.74) is 2.11. The third kappa shape index (κ3) is 3.45. The van der Waals surface area contributed by atoms with Gasteiger partial charge in [-0.3, -0.25) is 0 Å². The normalized spacial score (nSPS) is 26.1. The Balaban J connectivity index is 2.01. The van der Waals surface area contributed by atoms with E-state index >= 15 is 0 Å². The zero-order valence-corrected chi connectivity index (χ0v) is 13.9. The van der Waals surface area contributed by atoms with E-state index < -0.39 is 0 Å². The minimum absolute atomic E-state index is 0.135. The van der Waals surface area contributed by atoms with Crippen LogP contribution in [0.3, 0.4) is 0 Å². The summed E-state index contributed by atoms with van der Waals surface area (Å²) in [4.78, 5) is 0.401. The van der Waals surface area contributed by atoms with Gasteiger partial charge in [-0.1, -0.05) is 34.5 Å². The van der Waals surface area contributed by atoms with Gasteiger partial charge in [-0.2, -0.15) is 0 Å². The standard InChI is InChI=1S/C15H20BrClO2/c1-4-5-18-15-12(16)8-13(15)19-11-6-9(2)14(17)10(3)7-11/h6-7,12-13,15H,4-5,8H2,1-3H3. The third-order valence-corrected chi connectivity index (χ3v) is 4.88. The van der Waals surface area contributed by atoms with Crippen LogP contribution in [0.1, 0.15) is 30.9 Å². The van der Waals surface area contributed by atoms with E-state index in [0.29, 0.717) is 4.83 Å². The lowest BCUT2D eigenvalue weighted by atomic mass is 9.91. The van der Waals surface area contributed by atoms with E-state index in [1.54, 1.807) is 0 Å². The summed E-state index contributed by atoms with van der Waals surface area (Å²) in [7, 11) is 0. The molecule has 0 amide bonds. The molecule has 1 saturated carbocycles. The Labute approximate surface area is 128 Å². The molecule has 0 aliphatic heterocycles. The lowest BCUT2D eigenvalue weighted by Gasteiger charge is -2.41. The predicted octanol–water partition coefficient (Wildman–Crippen LogP) is 4.67. The van der Waals surface area contributed by atoms with Crippen molar-refractivity contribution in [3.05, 3.63) is 28.3 Å².